The molecular weight excluding hydrogens is 334 g/mol. The smallest absolute Gasteiger partial charge is 0.253 e. The quantitative estimate of drug-likeness (QED) is 0.699. The zero-order valence-corrected chi connectivity index (χ0v) is 14.5. The third-order valence-electron chi connectivity index (χ3n) is 3.65. The normalized spacial score (nSPS) is 10.3. The molecule has 1 amide bonds. The van der Waals surface area contributed by atoms with Gasteiger partial charge in [0.2, 0.25) is 0 Å². The molecule has 0 saturated heterocycles. The zero-order valence-electron chi connectivity index (χ0n) is 13.8. The fourth-order valence-corrected chi connectivity index (χ4v) is 2.66. The maximum absolute atomic E-state index is 12.4. The minimum absolute atomic E-state index is 0.163. The van der Waals surface area contributed by atoms with E-state index in [1.165, 1.54) is 5.56 Å². The molecule has 126 valence electrons. The van der Waals surface area contributed by atoms with Crippen LogP contribution in [0, 0.1) is 6.92 Å². The Hall–Kier alpha value is -2.85. The predicted molar refractivity (Wildman–Crippen MR) is 101 cm³/mol. The second-order valence-electron chi connectivity index (χ2n) is 5.77. The Morgan fingerprint density at radius 3 is 2.68 bits per heavy atom. The van der Waals surface area contributed by atoms with Crippen LogP contribution < -0.4 is 10.6 Å². The molecule has 25 heavy (non-hydrogen) atoms. The molecule has 3 aromatic rings. The van der Waals surface area contributed by atoms with Gasteiger partial charge in [-0.15, -0.1) is 0 Å². The molecule has 2 N–H and O–H groups in total. The topological polar surface area (TPSA) is 54.0 Å². The lowest BCUT2D eigenvalue weighted by Crippen LogP contribution is -2.23. The highest BCUT2D eigenvalue weighted by molar-refractivity contribution is 6.30. The summed E-state index contributed by atoms with van der Waals surface area (Å²) in [5, 5.41) is 6.75. The third kappa shape index (κ3) is 4.81. The van der Waals surface area contributed by atoms with E-state index >= 15 is 0 Å². The summed E-state index contributed by atoms with van der Waals surface area (Å²) in [7, 11) is 0. The number of carbonyl (C=O) groups is 1. The standard InChI is InChI=1S/C20H18ClN3O/c1-14-4-2-5-15(8-14)11-23-20(25)16-9-19(13-22-12-16)24-18-7-3-6-17(21)10-18/h2-10,12-13,24H,11H2,1H3,(H,23,25). The first-order chi connectivity index (χ1) is 12.1. The first-order valence-electron chi connectivity index (χ1n) is 7.91. The molecule has 0 aliphatic heterocycles. The first-order valence-corrected chi connectivity index (χ1v) is 8.29. The molecule has 1 heterocycles. The number of rotatable bonds is 5. The Kier molecular flexibility index (Phi) is 5.31. The number of hydrogen-bond donors (Lipinski definition) is 2. The summed E-state index contributed by atoms with van der Waals surface area (Å²) >= 11 is 5.98. The van der Waals surface area contributed by atoms with Gasteiger partial charge >= 0.3 is 0 Å². The van der Waals surface area contributed by atoms with Crippen molar-refractivity contribution < 1.29 is 4.79 Å². The van der Waals surface area contributed by atoms with Gasteiger partial charge in [0.25, 0.3) is 5.91 Å². The molecule has 3 rings (SSSR count). The molecule has 0 radical (unpaired) electrons. The van der Waals surface area contributed by atoms with Crippen LogP contribution in [0.2, 0.25) is 5.02 Å². The van der Waals surface area contributed by atoms with Gasteiger partial charge in [-0.2, -0.15) is 0 Å². The Balaban J connectivity index is 1.67. The van der Waals surface area contributed by atoms with Crippen LogP contribution in [0.3, 0.4) is 0 Å². The monoisotopic (exact) mass is 351 g/mol. The summed E-state index contributed by atoms with van der Waals surface area (Å²) in [5.74, 6) is -0.163. The summed E-state index contributed by atoms with van der Waals surface area (Å²) in [6.45, 7) is 2.51. The van der Waals surface area contributed by atoms with Crippen molar-refractivity contribution in [3.05, 3.63) is 88.7 Å². The van der Waals surface area contributed by atoms with E-state index in [-0.39, 0.29) is 5.91 Å². The summed E-state index contributed by atoms with van der Waals surface area (Å²) in [6.07, 6.45) is 3.22. The van der Waals surface area contributed by atoms with Crippen LogP contribution in [0.1, 0.15) is 21.5 Å². The number of aryl methyl sites for hydroxylation is 1. The first kappa shape index (κ1) is 17.0. The van der Waals surface area contributed by atoms with Crippen molar-refractivity contribution in [1.29, 1.82) is 0 Å². The van der Waals surface area contributed by atoms with E-state index < -0.39 is 0 Å². The van der Waals surface area contributed by atoms with Gasteiger partial charge in [-0.25, -0.2) is 0 Å². The highest BCUT2D eigenvalue weighted by Gasteiger charge is 2.07. The maximum Gasteiger partial charge on any atom is 0.253 e. The van der Waals surface area contributed by atoms with Crippen molar-refractivity contribution in [3.8, 4) is 0 Å². The summed E-state index contributed by atoms with van der Waals surface area (Å²) in [5.41, 5.74) is 4.30. The highest BCUT2D eigenvalue weighted by atomic mass is 35.5. The van der Waals surface area contributed by atoms with E-state index in [1.807, 2.05) is 43.3 Å². The molecule has 5 heteroatoms. The Morgan fingerprint density at radius 2 is 1.88 bits per heavy atom. The number of halogens is 1. The second kappa shape index (κ2) is 7.81. The van der Waals surface area contributed by atoms with Crippen molar-refractivity contribution in [1.82, 2.24) is 10.3 Å². The number of anilines is 2. The molecule has 0 spiro atoms. The molecule has 0 fully saturated rings. The van der Waals surface area contributed by atoms with E-state index in [0.29, 0.717) is 17.1 Å². The molecule has 0 atom stereocenters. The SMILES string of the molecule is Cc1cccc(CNC(=O)c2cncc(Nc3cccc(Cl)c3)c2)c1. The van der Waals surface area contributed by atoms with Crippen LogP contribution in [0.5, 0.6) is 0 Å². The van der Waals surface area contributed by atoms with Crippen molar-refractivity contribution in [2.45, 2.75) is 13.5 Å². The number of pyridine rings is 1. The molecule has 0 aliphatic rings. The largest absolute Gasteiger partial charge is 0.354 e. The van der Waals surface area contributed by atoms with E-state index in [0.717, 1.165) is 16.9 Å². The number of aromatic nitrogens is 1. The summed E-state index contributed by atoms with van der Waals surface area (Å²) in [4.78, 5) is 16.5. The fraction of sp³-hybridized carbons (Fsp3) is 0.100. The van der Waals surface area contributed by atoms with Crippen LogP contribution in [-0.2, 0) is 6.54 Å². The molecule has 0 unspecified atom stereocenters. The number of carbonyl (C=O) groups excluding carboxylic acids is 1. The summed E-state index contributed by atoms with van der Waals surface area (Å²) < 4.78 is 0. The highest BCUT2D eigenvalue weighted by Crippen LogP contribution is 2.20. The van der Waals surface area contributed by atoms with Crippen LogP contribution in [0.25, 0.3) is 0 Å². The molecule has 2 aromatic carbocycles. The van der Waals surface area contributed by atoms with Gasteiger partial charge < -0.3 is 10.6 Å². The van der Waals surface area contributed by atoms with Crippen LogP contribution in [0.4, 0.5) is 11.4 Å². The molecule has 1 aromatic heterocycles. The lowest BCUT2D eigenvalue weighted by molar-refractivity contribution is 0.0950. The second-order valence-corrected chi connectivity index (χ2v) is 6.21. The minimum Gasteiger partial charge on any atom is -0.354 e. The molecule has 0 bridgehead atoms. The molecular formula is C20H18ClN3O. The van der Waals surface area contributed by atoms with Gasteiger partial charge in [0.05, 0.1) is 17.4 Å². The minimum atomic E-state index is -0.163. The lowest BCUT2D eigenvalue weighted by Gasteiger charge is -2.09. The van der Waals surface area contributed by atoms with E-state index in [9.17, 15) is 4.79 Å². The average Bonchev–Trinajstić information content (AvgIpc) is 2.60. The van der Waals surface area contributed by atoms with Crippen LogP contribution >= 0.6 is 11.6 Å². The Labute approximate surface area is 151 Å². The van der Waals surface area contributed by atoms with Crippen molar-refractivity contribution in [2.75, 3.05) is 5.32 Å². The average molecular weight is 352 g/mol. The lowest BCUT2D eigenvalue weighted by atomic mass is 10.1. The number of nitrogens with zero attached hydrogens (tertiary/aromatic N) is 1. The van der Waals surface area contributed by atoms with Crippen molar-refractivity contribution in [2.24, 2.45) is 0 Å². The van der Waals surface area contributed by atoms with Crippen molar-refractivity contribution in [3.63, 3.8) is 0 Å². The summed E-state index contributed by atoms with van der Waals surface area (Å²) in [6, 6.07) is 17.2. The molecule has 0 saturated carbocycles. The van der Waals surface area contributed by atoms with E-state index in [2.05, 4.69) is 21.7 Å². The van der Waals surface area contributed by atoms with Gasteiger partial charge in [-0.05, 0) is 36.8 Å². The van der Waals surface area contributed by atoms with E-state index in [1.54, 1.807) is 24.5 Å². The number of hydrogen-bond acceptors (Lipinski definition) is 3. The zero-order chi connectivity index (χ0) is 17.6. The van der Waals surface area contributed by atoms with Gasteiger partial charge in [0, 0.05) is 23.5 Å². The maximum atomic E-state index is 12.4. The van der Waals surface area contributed by atoms with Crippen LogP contribution in [0.15, 0.2) is 67.0 Å². The van der Waals surface area contributed by atoms with E-state index in [4.69, 9.17) is 11.6 Å². The predicted octanol–water partition coefficient (Wildman–Crippen LogP) is 4.72. The fourth-order valence-electron chi connectivity index (χ4n) is 2.47. The van der Waals surface area contributed by atoms with Gasteiger partial charge in [0.15, 0.2) is 0 Å². The van der Waals surface area contributed by atoms with Crippen molar-refractivity contribution >= 4 is 28.9 Å². The Morgan fingerprint density at radius 1 is 1.04 bits per heavy atom. The third-order valence-corrected chi connectivity index (χ3v) is 3.88. The number of benzene rings is 2. The molecule has 4 nitrogen and oxygen atoms in total. The van der Waals surface area contributed by atoms with Gasteiger partial charge in [-0.1, -0.05) is 47.5 Å². The van der Waals surface area contributed by atoms with Gasteiger partial charge in [0.1, 0.15) is 0 Å². The number of amides is 1. The van der Waals surface area contributed by atoms with Crippen LogP contribution in [-0.4, -0.2) is 10.9 Å². The molecule has 0 aliphatic carbocycles. The number of nitrogens with one attached hydrogen (secondary N) is 2. The van der Waals surface area contributed by atoms with Gasteiger partial charge in [-0.3, -0.25) is 9.78 Å². The Bertz CT molecular complexity index is 895.